The number of rotatable bonds is 5. The van der Waals surface area contributed by atoms with Crippen molar-refractivity contribution in [2.45, 2.75) is 6.42 Å². The molecule has 0 atom stereocenters. The first kappa shape index (κ1) is 13.3. The number of methoxy groups -OCH3 is 1. The number of nitrogen functional groups attached to an aromatic ring is 1. The van der Waals surface area contributed by atoms with Crippen molar-refractivity contribution in [3.63, 3.8) is 0 Å². The van der Waals surface area contributed by atoms with Crippen LogP contribution in [0.1, 0.15) is 5.56 Å². The van der Waals surface area contributed by atoms with Gasteiger partial charge < -0.3 is 15.4 Å². The van der Waals surface area contributed by atoms with Gasteiger partial charge in [0.2, 0.25) is 0 Å². The van der Waals surface area contributed by atoms with Crippen molar-refractivity contribution in [2.75, 3.05) is 31.3 Å². The van der Waals surface area contributed by atoms with Gasteiger partial charge in [0.25, 0.3) is 0 Å². The molecule has 0 spiro atoms. The quantitative estimate of drug-likeness (QED) is 0.836. The van der Waals surface area contributed by atoms with Crippen LogP contribution in [0, 0.1) is 0 Å². The van der Waals surface area contributed by atoms with Crippen molar-refractivity contribution >= 4 is 11.4 Å². The molecule has 0 amide bonds. The standard InChI is InChI=1S/C16H20N2O/c1-18(11-10-13-6-4-3-5-7-13)16-9-8-14(19-2)12-15(16)17/h3-9,12H,10-11,17H2,1-2H3. The summed E-state index contributed by atoms with van der Waals surface area (Å²) in [5.41, 5.74) is 9.16. The molecule has 0 aliphatic rings. The molecule has 0 saturated carbocycles. The van der Waals surface area contributed by atoms with Crippen LogP contribution in [-0.2, 0) is 6.42 Å². The summed E-state index contributed by atoms with van der Waals surface area (Å²) >= 11 is 0. The predicted octanol–water partition coefficient (Wildman–Crippen LogP) is 2.96. The van der Waals surface area contributed by atoms with E-state index in [0.717, 1.165) is 30.1 Å². The van der Waals surface area contributed by atoms with E-state index >= 15 is 0 Å². The van der Waals surface area contributed by atoms with E-state index in [1.54, 1.807) is 7.11 Å². The Hall–Kier alpha value is -2.16. The second kappa shape index (κ2) is 6.14. The van der Waals surface area contributed by atoms with Crippen LogP contribution >= 0.6 is 0 Å². The Morgan fingerprint density at radius 3 is 2.47 bits per heavy atom. The second-order valence-electron chi connectivity index (χ2n) is 4.58. The Bertz CT molecular complexity index is 526. The molecule has 3 nitrogen and oxygen atoms in total. The zero-order chi connectivity index (χ0) is 13.7. The third-order valence-corrected chi connectivity index (χ3v) is 3.22. The van der Waals surface area contributed by atoms with Gasteiger partial charge in [0, 0.05) is 19.7 Å². The molecule has 0 aromatic heterocycles. The van der Waals surface area contributed by atoms with E-state index < -0.39 is 0 Å². The maximum Gasteiger partial charge on any atom is 0.121 e. The number of hydrogen-bond donors (Lipinski definition) is 1. The van der Waals surface area contributed by atoms with Crippen molar-refractivity contribution < 1.29 is 4.74 Å². The summed E-state index contributed by atoms with van der Waals surface area (Å²) in [5.74, 6) is 0.790. The summed E-state index contributed by atoms with van der Waals surface area (Å²) in [7, 11) is 3.70. The fourth-order valence-corrected chi connectivity index (χ4v) is 2.07. The van der Waals surface area contributed by atoms with Crippen LogP contribution in [0.3, 0.4) is 0 Å². The van der Waals surface area contributed by atoms with E-state index in [-0.39, 0.29) is 0 Å². The number of ether oxygens (including phenoxy) is 1. The highest BCUT2D eigenvalue weighted by Crippen LogP contribution is 2.26. The largest absolute Gasteiger partial charge is 0.497 e. The minimum absolute atomic E-state index is 0.745. The molecule has 0 fully saturated rings. The fraction of sp³-hybridized carbons (Fsp3) is 0.250. The molecule has 0 unspecified atom stereocenters. The lowest BCUT2D eigenvalue weighted by Crippen LogP contribution is -2.21. The fourth-order valence-electron chi connectivity index (χ4n) is 2.07. The highest BCUT2D eigenvalue weighted by Gasteiger charge is 2.06. The van der Waals surface area contributed by atoms with Gasteiger partial charge in [-0.3, -0.25) is 0 Å². The molecule has 2 aromatic carbocycles. The smallest absolute Gasteiger partial charge is 0.121 e. The molecule has 19 heavy (non-hydrogen) atoms. The number of nitrogens with two attached hydrogens (primary N) is 1. The SMILES string of the molecule is COc1ccc(N(C)CCc2ccccc2)c(N)c1. The van der Waals surface area contributed by atoms with Gasteiger partial charge in [-0.05, 0) is 24.1 Å². The van der Waals surface area contributed by atoms with E-state index in [2.05, 4.69) is 36.2 Å². The van der Waals surface area contributed by atoms with Crippen LogP contribution in [0.15, 0.2) is 48.5 Å². The number of nitrogens with zero attached hydrogens (tertiary/aromatic N) is 1. The minimum Gasteiger partial charge on any atom is -0.497 e. The zero-order valence-electron chi connectivity index (χ0n) is 11.5. The van der Waals surface area contributed by atoms with Gasteiger partial charge in [0.1, 0.15) is 5.75 Å². The van der Waals surface area contributed by atoms with Gasteiger partial charge in [0.15, 0.2) is 0 Å². The third kappa shape index (κ3) is 3.41. The van der Waals surface area contributed by atoms with E-state index in [0.29, 0.717) is 0 Å². The molecule has 0 aliphatic carbocycles. The summed E-state index contributed by atoms with van der Waals surface area (Å²) < 4.78 is 5.16. The van der Waals surface area contributed by atoms with Crippen molar-refractivity contribution in [3.05, 3.63) is 54.1 Å². The molecule has 2 aromatic rings. The van der Waals surface area contributed by atoms with Crippen molar-refractivity contribution in [3.8, 4) is 5.75 Å². The van der Waals surface area contributed by atoms with Crippen molar-refractivity contribution in [1.82, 2.24) is 0 Å². The number of anilines is 2. The van der Waals surface area contributed by atoms with Crippen LogP contribution in [0.25, 0.3) is 0 Å². The minimum atomic E-state index is 0.745. The van der Waals surface area contributed by atoms with Crippen LogP contribution in [-0.4, -0.2) is 20.7 Å². The number of hydrogen-bond acceptors (Lipinski definition) is 3. The van der Waals surface area contributed by atoms with Crippen LogP contribution < -0.4 is 15.4 Å². The molecule has 0 saturated heterocycles. The van der Waals surface area contributed by atoms with E-state index in [4.69, 9.17) is 10.5 Å². The van der Waals surface area contributed by atoms with Crippen molar-refractivity contribution in [1.29, 1.82) is 0 Å². The molecule has 0 aliphatic heterocycles. The van der Waals surface area contributed by atoms with Gasteiger partial charge in [-0.25, -0.2) is 0 Å². The molecule has 0 radical (unpaired) electrons. The summed E-state index contributed by atoms with van der Waals surface area (Å²) in [4.78, 5) is 2.17. The summed E-state index contributed by atoms with van der Waals surface area (Å²) in [6, 6.07) is 16.2. The Balaban J connectivity index is 2.02. The van der Waals surface area contributed by atoms with Crippen LogP contribution in [0.2, 0.25) is 0 Å². The summed E-state index contributed by atoms with van der Waals surface area (Å²) in [5, 5.41) is 0. The molecule has 2 N–H and O–H groups in total. The van der Waals surface area contributed by atoms with E-state index in [9.17, 15) is 0 Å². The van der Waals surface area contributed by atoms with Crippen molar-refractivity contribution in [2.24, 2.45) is 0 Å². The average molecular weight is 256 g/mol. The van der Waals surface area contributed by atoms with Gasteiger partial charge in [-0.15, -0.1) is 0 Å². The lowest BCUT2D eigenvalue weighted by Gasteiger charge is -2.21. The molecule has 0 bridgehead atoms. The number of likely N-dealkylation sites (N-methyl/N-ethyl adjacent to an activating group) is 1. The lowest BCUT2D eigenvalue weighted by atomic mass is 10.1. The van der Waals surface area contributed by atoms with Crippen LogP contribution in [0.4, 0.5) is 11.4 Å². The zero-order valence-corrected chi connectivity index (χ0v) is 11.5. The third-order valence-electron chi connectivity index (χ3n) is 3.22. The maximum absolute atomic E-state index is 6.05. The Kier molecular flexibility index (Phi) is 4.29. The van der Waals surface area contributed by atoms with Gasteiger partial charge >= 0.3 is 0 Å². The molecular weight excluding hydrogens is 236 g/mol. The highest BCUT2D eigenvalue weighted by molar-refractivity contribution is 5.69. The molecule has 2 rings (SSSR count). The average Bonchev–Trinajstić information content (AvgIpc) is 2.45. The predicted molar refractivity (Wildman–Crippen MR) is 80.8 cm³/mol. The maximum atomic E-state index is 6.05. The Morgan fingerprint density at radius 2 is 1.84 bits per heavy atom. The Morgan fingerprint density at radius 1 is 1.11 bits per heavy atom. The first-order valence-corrected chi connectivity index (χ1v) is 6.39. The molecule has 3 heteroatoms. The molecular formula is C16H20N2O. The van der Waals surface area contributed by atoms with Gasteiger partial charge in [0.05, 0.1) is 18.5 Å². The molecule has 100 valence electrons. The van der Waals surface area contributed by atoms with E-state index in [1.807, 2.05) is 24.3 Å². The Labute approximate surface area is 114 Å². The number of benzene rings is 2. The topological polar surface area (TPSA) is 38.5 Å². The highest BCUT2D eigenvalue weighted by atomic mass is 16.5. The van der Waals surface area contributed by atoms with Gasteiger partial charge in [-0.1, -0.05) is 30.3 Å². The molecule has 0 heterocycles. The van der Waals surface area contributed by atoms with Gasteiger partial charge in [-0.2, -0.15) is 0 Å². The summed E-state index contributed by atoms with van der Waals surface area (Å²) in [6.07, 6.45) is 1.00. The summed E-state index contributed by atoms with van der Waals surface area (Å²) in [6.45, 7) is 0.931. The van der Waals surface area contributed by atoms with Crippen LogP contribution in [0.5, 0.6) is 5.75 Å². The monoisotopic (exact) mass is 256 g/mol. The lowest BCUT2D eigenvalue weighted by molar-refractivity contribution is 0.415. The second-order valence-corrected chi connectivity index (χ2v) is 4.58. The normalized spacial score (nSPS) is 10.2. The van der Waals surface area contributed by atoms with E-state index in [1.165, 1.54) is 5.56 Å². The first-order valence-electron chi connectivity index (χ1n) is 6.39. The first-order chi connectivity index (χ1) is 9.20.